The molecule has 0 bridgehead atoms. The first-order chi connectivity index (χ1) is 15.0. The zero-order valence-electron chi connectivity index (χ0n) is 17.6. The van der Waals surface area contributed by atoms with E-state index in [0.717, 1.165) is 42.4 Å². The third-order valence-corrected chi connectivity index (χ3v) is 5.83. The Balaban J connectivity index is 1.93. The van der Waals surface area contributed by atoms with Crippen LogP contribution in [0.15, 0.2) is 42.5 Å². The van der Waals surface area contributed by atoms with Crippen LogP contribution in [-0.2, 0) is 9.47 Å². The fourth-order valence-electron chi connectivity index (χ4n) is 4.08. The topological polar surface area (TPSA) is 84.9 Å². The Morgan fingerprint density at radius 3 is 2.58 bits per heavy atom. The van der Waals surface area contributed by atoms with E-state index < -0.39 is 18.2 Å². The van der Waals surface area contributed by atoms with Gasteiger partial charge in [0, 0.05) is 11.6 Å². The van der Waals surface area contributed by atoms with Crippen molar-refractivity contribution in [1.82, 2.24) is 5.32 Å². The lowest BCUT2D eigenvalue weighted by Crippen LogP contribution is -2.27. The van der Waals surface area contributed by atoms with Gasteiger partial charge in [-0.2, -0.15) is 0 Å². The first kappa shape index (κ1) is 23.1. The Morgan fingerprint density at radius 2 is 1.90 bits per heavy atom. The van der Waals surface area contributed by atoms with Crippen molar-refractivity contribution in [3.05, 3.63) is 69.7 Å². The number of amides is 1. The molecule has 0 radical (unpaired) electrons. The van der Waals surface area contributed by atoms with Crippen LogP contribution in [0, 0.1) is 0 Å². The number of ether oxygens (including phenoxy) is 2. The largest absolute Gasteiger partial charge is 0.478 e. The fraction of sp³-hybridized carbons (Fsp3) is 0.417. The molecular weight excluding hydrogens is 418 g/mol. The van der Waals surface area contributed by atoms with E-state index in [-0.39, 0.29) is 18.7 Å². The minimum Gasteiger partial charge on any atom is -0.478 e. The predicted octanol–water partition coefficient (Wildman–Crippen LogP) is 5.55. The zero-order chi connectivity index (χ0) is 22.2. The van der Waals surface area contributed by atoms with E-state index in [1.165, 1.54) is 13.5 Å². The smallest absolute Gasteiger partial charge is 0.406 e. The third kappa shape index (κ3) is 6.45. The number of carbonyl (C=O) groups excluding carboxylic acids is 1. The van der Waals surface area contributed by atoms with Gasteiger partial charge in [0.25, 0.3) is 0 Å². The van der Waals surface area contributed by atoms with E-state index in [9.17, 15) is 14.7 Å². The number of hydrogen-bond acceptors (Lipinski definition) is 4. The number of nitrogens with one attached hydrogen (secondary N) is 1. The first-order valence-electron chi connectivity index (χ1n) is 10.5. The molecule has 31 heavy (non-hydrogen) atoms. The Labute approximate surface area is 187 Å². The molecule has 166 valence electrons. The van der Waals surface area contributed by atoms with Crippen LogP contribution in [0.3, 0.4) is 0 Å². The van der Waals surface area contributed by atoms with Crippen LogP contribution in [-0.4, -0.2) is 37.4 Å². The molecule has 6 nitrogen and oxygen atoms in total. The third-order valence-electron chi connectivity index (χ3n) is 5.60. The molecule has 1 aliphatic rings. The average molecular weight is 446 g/mol. The van der Waals surface area contributed by atoms with Crippen LogP contribution in [0.4, 0.5) is 4.79 Å². The normalized spacial score (nSPS) is 15.3. The summed E-state index contributed by atoms with van der Waals surface area (Å²) in [6.45, 7) is 0.486. The molecule has 0 saturated heterocycles. The highest BCUT2D eigenvalue weighted by Crippen LogP contribution is 2.36. The number of aromatic carboxylic acids is 1. The predicted molar refractivity (Wildman–Crippen MR) is 119 cm³/mol. The molecule has 0 spiro atoms. The van der Waals surface area contributed by atoms with E-state index >= 15 is 0 Å². The van der Waals surface area contributed by atoms with Crippen LogP contribution in [0.25, 0.3) is 0 Å². The maximum atomic E-state index is 11.8. The number of carboxylic acid groups (broad SMARTS) is 1. The molecular formula is C24H28ClNO5. The molecule has 2 aromatic carbocycles. The molecule has 1 unspecified atom stereocenters. The highest BCUT2D eigenvalue weighted by Gasteiger charge is 2.22. The fourth-order valence-corrected chi connectivity index (χ4v) is 4.28. The summed E-state index contributed by atoms with van der Waals surface area (Å²) < 4.78 is 10.7. The molecule has 1 atom stereocenters. The van der Waals surface area contributed by atoms with Crippen molar-refractivity contribution in [2.45, 2.75) is 44.1 Å². The number of benzene rings is 2. The lowest BCUT2D eigenvalue weighted by molar-refractivity contribution is 0.0693. The molecule has 0 aromatic heterocycles. The van der Waals surface area contributed by atoms with Gasteiger partial charge in [-0.15, -0.1) is 0 Å². The summed E-state index contributed by atoms with van der Waals surface area (Å²) in [6.07, 6.45) is 4.62. The highest BCUT2D eigenvalue weighted by atomic mass is 35.5. The monoisotopic (exact) mass is 445 g/mol. The van der Waals surface area contributed by atoms with Gasteiger partial charge in [-0.3, -0.25) is 0 Å². The van der Waals surface area contributed by atoms with E-state index in [4.69, 9.17) is 16.3 Å². The van der Waals surface area contributed by atoms with Crippen molar-refractivity contribution in [3.63, 3.8) is 0 Å². The van der Waals surface area contributed by atoms with Gasteiger partial charge < -0.3 is 19.9 Å². The number of hydrogen-bond donors (Lipinski definition) is 2. The highest BCUT2D eigenvalue weighted by molar-refractivity contribution is 6.30. The summed E-state index contributed by atoms with van der Waals surface area (Å²) in [4.78, 5) is 23.2. The average Bonchev–Trinajstić information content (AvgIpc) is 2.79. The standard InChI is InChI=1S/C24H28ClNO5/c1-30-24(29)26-10-11-31-22(17-8-5-9-21(25)15-17)19-12-18(13-20(14-19)23(27)28)16-6-3-2-4-7-16/h5,8-9,12-16,22H,2-4,6-7,10-11H2,1H3,(H,26,29)(H,27,28). The van der Waals surface area contributed by atoms with Crippen LogP contribution in [0.1, 0.15) is 71.2 Å². The second-order valence-corrected chi connectivity index (χ2v) is 8.19. The molecule has 2 aromatic rings. The van der Waals surface area contributed by atoms with Crippen molar-refractivity contribution >= 4 is 23.7 Å². The van der Waals surface area contributed by atoms with Gasteiger partial charge in [0.1, 0.15) is 6.10 Å². The van der Waals surface area contributed by atoms with E-state index in [0.29, 0.717) is 10.9 Å². The zero-order valence-corrected chi connectivity index (χ0v) is 18.4. The summed E-state index contributed by atoms with van der Waals surface area (Å²) in [6, 6.07) is 12.8. The molecule has 3 rings (SSSR count). The lowest BCUT2D eigenvalue weighted by atomic mass is 9.82. The van der Waals surface area contributed by atoms with Crippen molar-refractivity contribution in [2.75, 3.05) is 20.3 Å². The summed E-state index contributed by atoms with van der Waals surface area (Å²) >= 11 is 6.21. The summed E-state index contributed by atoms with van der Waals surface area (Å²) in [5, 5.41) is 12.9. The Morgan fingerprint density at radius 1 is 1.13 bits per heavy atom. The van der Waals surface area contributed by atoms with Crippen molar-refractivity contribution in [2.24, 2.45) is 0 Å². The van der Waals surface area contributed by atoms with Crippen LogP contribution >= 0.6 is 11.6 Å². The van der Waals surface area contributed by atoms with Gasteiger partial charge in [-0.1, -0.05) is 49.1 Å². The van der Waals surface area contributed by atoms with Gasteiger partial charge in [0.05, 0.1) is 19.3 Å². The van der Waals surface area contributed by atoms with E-state index in [2.05, 4.69) is 16.1 Å². The van der Waals surface area contributed by atoms with Crippen molar-refractivity contribution in [1.29, 1.82) is 0 Å². The minimum absolute atomic E-state index is 0.225. The molecule has 0 heterocycles. The quantitative estimate of drug-likeness (QED) is 0.520. The number of rotatable bonds is 8. The molecule has 1 fully saturated rings. The molecule has 1 aliphatic carbocycles. The summed E-state index contributed by atoms with van der Waals surface area (Å²) in [5.74, 6) is -0.607. The Bertz CT molecular complexity index is 911. The van der Waals surface area contributed by atoms with Crippen LogP contribution in [0.5, 0.6) is 0 Å². The Hall–Kier alpha value is -2.57. The Kier molecular flexibility index (Phi) is 8.32. The summed E-state index contributed by atoms with van der Waals surface area (Å²) in [7, 11) is 1.30. The maximum Gasteiger partial charge on any atom is 0.406 e. The van der Waals surface area contributed by atoms with Crippen LogP contribution < -0.4 is 5.32 Å². The van der Waals surface area contributed by atoms with Crippen molar-refractivity contribution in [3.8, 4) is 0 Å². The number of carboxylic acids is 1. The van der Waals surface area contributed by atoms with Crippen molar-refractivity contribution < 1.29 is 24.2 Å². The van der Waals surface area contributed by atoms with E-state index in [1.54, 1.807) is 18.2 Å². The number of halogens is 1. The minimum atomic E-state index is -0.962. The molecule has 1 amide bonds. The summed E-state index contributed by atoms with van der Waals surface area (Å²) in [5.41, 5.74) is 2.88. The van der Waals surface area contributed by atoms with Gasteiger partial charge in [0.2, 0.25) is 0 Å². The van der Waals surface area contributed by atoms with Gasteiger partial charge in [-0.05, 0) is 59.7 Å². The van der Waals surface area contributed by atoms with E-state index in [1.807, 2.05) is 18.2 Å². The molecule has 0 aliphatic heterocycles. The van der Waals surface area contributed by atoms with Crippen LogP contribution in [0.2, 0.25) is 5.02 Å². The molecule has 2 N–H and O–H groups in total. The maximum absolute atomic E-state index is 11.8. The lowest BCUT2D eigenvalue weighted by Gasteiger charge is -2.25. The van der Waals surface area contributed by atoms with Gasteiger partial charge in [-0.25, -0.2) is 9.59 Å². The SMILES string of the molecule is COC(=O)NCCOC(c1cccc(Cl)c1)c1cc(C(=O)O)cc(C2CCCCC2)c1. The number of methoxy groups -OCH3 is 1. The first-order valence-corrected chi connectivity index (χ1v) is 10.9. The van der Waals surface area contributed by atoms with Gasteiger partial charge >= 0.3 is 12.1 Å². The second kappa shape index (κ2) is 11.2. The number of carbonyl (C=O) groups is 2. The molecule has 1 saturated carbocycles. The van der Waals surface area contributed by atoms with Gasteiger partial charge in [0.15, 0.2) is 0 Å². The second-order valence-electron chi connectivity index (χ2n) is 7.75. The number of alkyl carbamates (subject to hydrolysis) is 1. The molecule has 7 heteroatoms.